The maximum Gasteiger partial charge on any atom is 0.165 e. The first kappa shape index (κ1) is 12.4. The van der Waals surface area contributed by atoms with E-state index in [0.717, 1.165) is 18.5 Å². The Hall–Kier alpha value is -1.09. The molecule has 0 aromatic heterocycles. The topological polar surface area (TPSA) is 21.3 Å². The van der Waals surface area contributed by atoms with Crippen molar-refractivity contribution in [3.8, 4) is 5.75 Å². The molecule has 1 N–H and O–H groups in total. The van der Waals surface area contributed by atoms with E-state index in [1.165, 1.54) is 12.8 Å². The minimum absolute atomic E-state index is 0.00292. The van der Waals surface area contributed by atoms with Gasteiger partial charge in [0.05, 0.1) is 6.10 Å². The minimum Gasteiger partial charge on any atom is -0.488 e. The predicted octanol–water partition coefficient (Wildman–Crippen LogP) is 3.43. The van der Waals surface area contributed by atoms with Crippen LogP contribution in [-0.2, 0) is 0 Å². The normalized spacial score (nSPS) is 20.6. The highest BCUT2D eigenvalue weighted by Gasteiger charge is 2.16. The molecule has 0 saturated carbocycles. The van der Waals surface area contributed by atoms with Crippen LogP contribution in [-0.4, -0.2) is 12.6 Å². The summed E-state index contributed by atoms with van der Waals surface area (Å²) in [6.45, 7) is 4.82. The van der Waals surface area contributed by atoms with Crippen molar-refractivity contribution in [3.63, 3.8) is 0 Å². The third kappa shape index (κ3) is 3.19. The highest BCUT2D eigenvalue weighted by atomic mass is 19.1. The lowest BCUT2D eigenvalue weighted by Gasteiger charge is -2.24. The molecule has 0 spiro atoms. The number of rotatable bonds is 3. The number of hydrogen-bond donors (Lipinski definition) is 1. The van der Waals surface area contributed by atoms with Gasteiger partial charge in [-0.15, -0.1) is 0 Å². The van der Waals surface area contributed by atoms with Gasteiger partial charge in [-0.2, -0.15) is 0 Å². The lowest BCUT2D eigenvalue weighted by atomic mass is 9.97. The highest BCUT2D eigenvalue weighted by Crippen LogP contribution is 2.27. The van der Waals surface area contributed by atoms with Crippen molar-refractivity contribution in [2.24, 2.45) is 0 Å². The Bertz CT molecular complexity index is 372. The molecular weight excluding hydrogens is 217 g/mol. The molecule has 1 aromatic rings. The number of nitrogens with one attached hydrogen (secondary N) is 1. The number of benzene rings is 1. The summed E-state index contributed by atoms with van der Waals surface area (Å²) in [5.41, 5.74) is 1.03. The Morgan fingerprint density at radius 1 is 1.35 bits per heavy atom. The molecule has 1 unspecified atom stereocenters. The van der Waals surface area contributed by atoms with Crippen LogP contribution in [0.25, 0.3) is 0 Å². The van der Waals surface area contributed by atoms with Crippen molar-refractivity contribution in [2.45, 2.75) is 45.3 Å². The first-order chi connectivity index (χ1) is 8.16. The van der Waals surface area contributed by atoms with Gasteiger partial charge in [-0.05, 0) is 50.9 Å². The van der Waals surface area contributed by atoms with Crippen LogP contribution in [0.15, 0.2) is 18.2 Å². The Morgan fingerprint density at radius 2 is 2.18 bits per heavy atom. The SMILES string of the molecule is CC(C)Oc1ccc(C2CCCCN2)cc1F. The van der Waals surface area contributed by atoms with E-state index < -0.39 is 0 Å². The molecule has 0 amide bonds. The van der Waals surface area contributed by atoms with E-state index in [1.54, 1.807) is 12.1 Å². The molecule has 1 saturated heterocycles. The molecule has 1 atom stereocenters. The van der Waals surface area contributed by atoms with Gasteiger partial charge in [0.15, 0.2) is 11.6 Å². The van der Waals surface area contributed by atoms with E-state index in [1.807, 2.05) is 19.9 Å². The van der Waals surface area contributed by atoms with Crippen molar-refractivity contribution < 1.29 is 9.13 Å². The lowest BCUT2D eigenvalue weighted by Crippen LogP contribution is -2.26. The zero-order chi connectivity index (χ0) is 12.3. The van der Waals surface area contributed by atoms with Gasteiger partial charge in [0.1, 0.15) is 0 Å². The Labute approximate surface area is 102 Å². The van der Waals surface area contributed by atoms with Crippen molar-refractivity contribution in [1.29, 1.82) is 0 Å². The first-order valence-electron chi connectivity index (χ1n) is 6.36. The monoisotopic (exact) mass is 237 g/mol. The average Bonchev–Trinajstić information content (AvgIpc) is 2.32. The minimum atomic E-state index is -0.261. The van der Waals surface area contributed by atoms with E-state index in [9.17, 15) is 4.39 Å². The van der Waals surface area contributed by atoms with Crippen molar-refractivity contribution in [3.05, 3.63) is 29.6 Å². The fourth-order valence-corrected chi connectivity index (χ4v) is 2.22. The highest BCUT2D eigenvalue weighted by molar-refractivity contribution is 5.31. The maximum absolute atomic E-state index is 13.8. The van der Waals surface area contributed by atoms with Crippen molar-refractivity contribution in [1.82, 2.24) is 5.32 Å². The van der Waals surface area contributed by atoms with E-state index in [0.29, 0.717) is 11.8 Å². The molecule has 0 aliphatic carbocycles. The molecule has 1 aliphatic heterocycles. The van der Waals surface area contributed by atoms with Gasteiger partial charge in [0.25, 0.3) is 0 Å². The van der Waals surface area contributed by atoms with E-state index in [-0.39, 0.29) is 11.9 Å². The van der Waals surface area contributed by atoms with Crippen LogP contribution in [0.5, 0.6) is 5.75 Å². The van der Waals surface area contributed by atoms with Gasteiger partial charge in [0.2, 0.25) is 0 Å². The molecule has 2 nitrogen and oxygen atoms in total. The predicted molar refractivity (Wildman–Crippen MR) is 66.8 cm³/mol. The lowest BCUT2D eigenvalue weighted by molar-refractivity contribution is 0.231. The molecular formula is C14H20FNO. The standard InChI is InChI=1S/C14H20FNO/c1-10(2)17-14-7-6-11(9-12(14)15)13-5-3-4-8-16-13/h6-7,9-10,13,16H,3-5,8H2,1-2H3. The second-order valence-corrected chi connectivity index (χ2v) is 4.86. The summed E-state index contributed by atoms with van der Waals surface area (Å²) in [6, 6.07) is 5.59. The zero-order valence-electron chi connectivity index (χ0n) is 10.5. The van der Waals surface area contributed by atoms with Crippen LogP contribution in [0, 0.1) is 5.82 Å². The summed E-state index contributed by atoms with van der Waals surface area (Å²) in [4.78, 5) is 0. The Morgan fingerprint density at radius 3 is 2.76 bits per heavy atom. The largest absolute Gasteiger partial charge is 0.488 e. The van der Waals surface area contributed by atoms with Gasteiger partial charge < -0.3 is 10.1 Å². The Kier molecular flexibility index (Phi) is 4.00. The third-order valence-corrected chi connectivity index (χ3v) is 3.03. The molecule has 1 aliphatic rings. The summed E-state index contributed by atoms with van der Waals surface area (Å²) in [7, 11) is 0. The summed E-state index contributed by atoms with van der Waals surface area (Å²) in [5, 5.41) is 3.42. The van der Waals surface area contributed by atoms with Gasteiger partial charge in [0, 0.05) is 6.04 Å². The number of piperidine rings is 1. The fraction of sp³-hybridized carbons (Fsp3) is 0.571. The van der Waals surface area contributed by atoms with Crippen LogP contribution in [0.3, 0.4) is 0 Å². The maximum atomic E-state index is 13.8. The molecule has 3 heteroatoms. The third-order valence-electron chi connectivity index (χ3n) is 3.03. The van der Waals surface area contributed by atoms with Crippen molar-refractivity contribution >= 4 is 0 Å². The molecule has 2 rings (SSSR count). The van der Waals surface area contributed by atoms with E-state index >= 15 is 0 Å². The van der Waals surface area contributed by atoms with Crippen LogP contribution in [0.1, 0.15) is 44.7 Å². The van der Waals surface area contributed by atoms with Gasteiger partial charge in [-0.3, -0.25) is 0 Å². The summed E-state index contributed by atoms with van der Waals surface area (Å²) >= 11 is 0. The summed E-state index contributed by atoms with van der Waals surface area (Å²) in [5.74, 6) is 0.0862. The molecule has 1 aromatic carbocycles. The number of hydrogen-bond acceptors (Lipinski definition) is 2. The Balaban J connectivity index is 2.12. The van der Waals surface area contributed by atoms with E-state index in [2.05, 4.69) is 5.32 Å². The zero-order valence-corrected chi connectivity index (χ0v) is 10.5. The second-order valence-electron chi connectivity index (χ2n) is 4.86. The number of halogens is 1. The molecule has 0 bridgehead atoms. The van der Waals surface area contributed by atoms with Gasteiger partial charge in [-0.25, -0.2) is 4.39 Å². The summed E-state index contributed by atoms with van der Waals surface area (Å²) in [6.07, 6.45) is 3.52. The smallest absolute Gasteiger partial charge is 0.165 e. The second kappa shape index (κ2) is 5.50. The molecule has 1 heterocycles. The fourth-order valence-electron chi connectivity index (χ4n) is 2.22. The number of ether oxygens (including phenoxy) is 1. The van der Waals surface area contributed by atoms with Crippen LogP contribution < -0.4 is 10.1 Å². The molecule has 94 valence electrons. The van der Waals surface area contributed by atoms with Crippen LogP contribution >= 0.6 is 0 Å². The molecule has 1 fully saturated rings. The van der Waals surface area contributed by atoms with Crippen LogP contribution in [0.4, 0.5) is 4.39 Å². The van der Waals surface area contributed by atoms with Gasteiger partial charge in [-0.1, -0.05) is 12.5 Å². The molecule has 17 heavy (non-hydrogen) atoms. The first-order valence-corrected chi connectivity index (χ1v) is 6.36. The van der Waals surface area contributed by atoms with Gasteiger partial charge >= 0.3 is 0 Å². The van der Waals surface area contributed by atoms with E-state index in [4.69, 9.17) is 4.74 Å². The summed E-state index contributed by atoms with van der Waals surface area (Å²) < 4.78 is 19.2. The average molecular weight is 237 g/mol. The quantitative estimate of drug-likeness (QED) is 0.869. The van der Waals surface area contributed by atoms with Crippen molar-refractivity contribution in [2.75, 3.05) is 6.54 Å². The van der Waals surface area contributed by atoms with Crippen LogP contribution in [0.2, 0.25) is 0 Å². The molecule has 0 radical (unpaired) electrons.